The molecule has 1 heterocycles. The van der Waals surface area contributed by atoms with E-state index in [1.807, 2.05) is 18.7 Å². The molecule has 1 saturated heterocycles. The summed E-state index contributed by atoms with van der Waals surface area (Å²) < 4.78 is 27.3. The highest BCUT2D eigenvalue weighted by Gasteiger charge is 2.22. The Hall–Kier alpha value is -0.560. The maximum Gasteiger partial charge on any atom is 0.240 e. The summed E-state index contributed by atoms with van der Waals surface area (Å²) >= 11 is 1.86. The molecule has 4 nitrogen and oxygen atoms in total. The van der Waals surface area contributed by atoms with Gasteiger partial charge in [-0.1, -0.05) is 6.07 Å². The lowest BCUT2D eigenvalue weighted by Gasteiger charge is -2.22. The fourth-order valence-electron chi connectivity index (χ4n) is 2.09. The van der Waals surface area contributed by atoms with Crippen LogP contribution in [0.3, 0.4) is 0 Å². The van der Waals surface area contributed by atoms with E-state index in [1.165, 1.54) is 0 Å². The molecule has 19 heavy (non-hydrogen) atoms. The van der Waals surface area contributed by atoms with Crippen LogP contribution in [0.4, 0.5) is 0 Å². The van der Waals surface area contributed by atoms with Crippen molar-refractivity contribution in [2.24, 2.45) is 0 Å². The zero-order valence-corrected chi connectivity index (χ0v) is 12.6. The molecule has 0 atom stereocenters. The molecule has 1 aliphatic heterocycles. The Morgan fingerprint density at radius 3 is 2.68 bits per heavy atom. The molecule has 0 aliphatic carbocycles. The van der Waals surface area contributed by atoms with Crippen LogP contribution in [-0.2, 0) is 16.6 Å². The molecule has 2 N–H and O–H groups in total. The summed E-state index contributed by atoms with van der Waals surface area (Å²) in [7, 11) is -3.48. The van der Waals surface area contributed by atoms with Crippen molar-refractivity contribution >= 4 is 21.8 Å². The van der Waals surface area contributed by atoms with Gasteiger partial charge in [0.25, 0.3) is 0 Å². The third kappa shape index (κ3) is 3.72. The topological polar surface area (TPSA) is 66.4 Å². The molecule has 0 bridgehead atoms. The van der Waals surface area contributed by atoms with Crippen molar-refractivity contribution in [2.45, 2.75) is 37.3 Å². The molecular formula is C13H19NO3S2. The monoisotopic (exact) mass is 301 g/mol. The SMILES string of the molecule is Cc1ccc(S(=O)(=O)NC2CCSCC2)cc1CO. The summed E-state index contributed by atoms with van der Waals surface area (Å²) in [5.74, 6) is 2.01. The Morgan fingerprint density at radius 2 is 2.05 bits per heavy atom. The predicted molar refractivity (Wildman–Crippen MR) is 77.8 cm³/mol. The lowest BCUT2D eigenvalue weighted by molar-refractivity contribution is 0.280. The largest absolute Gasteiger partial charge is 0.392 e. The van der Waals surface area contributed by atoms with Gasteiger partial charge in [-0.15, -0.1) is 0 Å². The molecule has 1 aromatic carbocycles. The van der Waals surface area contributed by atoms with E-state index in [0.717, 1.165) is 29.9 Å². The first-order valence-electron chi connectivity index (χ1n) is 6.33. The number of aryl methyl sites for hydroxylation is 1. The van der Waals surface area contributed by atoms with Gasteiger partial charge < -0.3 is 5.11 Å². The molecule has 2 rings (SSSR count). The van der Waals surface area contributed by atoms with E-state index in [9.17, 15) is 13.5 Å². The van der Waals surface area contributed by atoms with Crippen LogP contribution in [0.15, 0.2) is 23.1 Å². The third-order valence-corrected chi connectivity index (χ3v) is 5.91. The average molecular weight is 301 g/mol. The van der Waals surface area contributed by atoms with Crippen molar-refractivity contribution < 1.29 is 13.5 Å². The number of aliphatic hydroxyl groups is 1. The van der Waals surface area contributed by atoms with Gasteiger partial charge in [0.05, 0.1) is 11.5 Å². The maximum absolute atomic E-state index is 12.3. The van der Waals surface area contributed by atoms with E-state index in [4.69, 9.17) is 0 Å². The second-order valence-electron chi connectivity index (χ2n) is 4.75. The van der Waals surface area contributed by atoms with Crippen molar-refractivity contribution in [1.29, 1.82) is 0 Å². The molecule has 0 unspecified atom stereocenters. The quantitative estimate of drug-likeness (QED) is 0.887. The first kappa shape index (κ1) is 14.8. The van der Waals surface area contributed by atoms with Gasteiger partial charge in [0.15, 0.2) is 0 Å². The number of hydrogen-bond acceptors (Lipinski definition) is 4. The Labute approximate surface area is 118 Å². The number of sulfonamides is 1. The molecule has 6 heteroatoms. The van der Waals surface area contributed by atoms with Gasteiger partial charge >= 0.3 is 0 Å². The zero-order chi connectivity index (χ0) is 13.9. The summed E-state index contributed by atoms with van der Waals surface area (Å²) in [6.45, 7) is 1.71. The molecule has 1 aliphatic rings. The minimum Gasteiger partial charge on any atom is -0.392 e. The van der Waals surface area contributed by atoms with E-state index in [0.29, 0.717) is 5.56 Å². The van der Waals surface area contributed by atoms with Crippen LogP contribution in [0.25, 0.3) is 0 Å². The standard InChI is InChI=1S/C13H19NO3S2/c1-10-2-3-13(8-11(10)9-15)19(16,17)14-12-4-6-18-7-5-12/h2-3,8,12,14-15H,4-7,9H2,1H3. The van der Waals surface area contributed by atoms with E-state index in [2.05, 4.69) is 4.72 Å². The van der Waals surface area contributed by atoms with Gasteiger partial charge in [-0.3, -0.25) is 0 Å². The molecule has 0 radical (unpaired) electrons. The van der Waals surface area contributed by atoms with Crippen LogP contribution in [-0.4, -0.2) is 31.1 Å². The van der Waals surface area contributed by atoms with Gasteiger partial charge in [0, 0.05) is 6.04 Å². The zero-order valence-electron chi connectivity index (χ0n) is 10.9. The molecule has 106 valence electrons. The van der Waals surface area contributed by atoms with Crippen LogP contribution < -0.4 is 4.72 Å². The number of benzene rings is 1. The minimum atomic E-state index is -3.48. The summed E-state index contributed by atoms with van der Waals surface area (Å²) in [4.78, 5) is 0.236. The summed E-state index contributed by atoms with van der Waals surface area (Å²) in [5, 5.41) is 9.21. The number of thioether (sulfide) groups is 1. The molecule has 0 amide bonds. The molecule has 1 fully saturated rings. The van der Waals surface area contributed by atoms with E-state index in [-0.39, 0.29) is 17.5 Å². The van der Waals surface area contributed by atoms with Crippen molar-refractivity contribution in [3.63, 3.8) is 0 Å². The van der Waals surface area contributed by atoms with Gasteiger partial charge in [-0.05, 0) is 54.5 Å². The number of aliphatic hydroxyl groups excluding tert-OH is 1. The normalized spacial score (nSPS) is 17.6. The van der Waals surface area contributed by atoms with E-state index >= 15 is 0 Å². The van der Waals surface area contributed by atoms with Crippen LogP contribution >= 0.6 is 11.8 Å². The smallest absolute Gasteiger partial charge is 0.240 e. The molecule has 0 saturated carbocycles. The second kappa shape index (κ2) is 6.26. The van der Waals surface area contributed by atoms with Crippen molar-refractivity contribution in [3.05, 3.63) is 29.3 Å². The number of rotatable bonds is 4. The Morgan fingerprint density at radius 1 is 1.37 bits per heavy atom. The second-order valence-corrected chi connectivity index (χ2v) is 7.69. The first-order valence-corrected chi connectivity index (χ1v) is 8.97. The highest BCUT2D eigenvalue weighted by atomic mass is 32.2. The van der Waals surface area contributed by atoms with Gasteiger partial charge in [0.2, 0.25) is 10.0 Å². The summed E-state index contributed by atoms with van der Waals surface area (Å²) in [6.07, 6.45) is 1.76. The van der Waals surface area contributed by atoms with Gasteiger partial charge in [0.1, 0.15) is 0 Å². The van der Waals surface area contributed by atoms with Crippen molar-refractivity contribution in [2.75, 3.05) is 11.5 Å². The fraction of sp³-hybridized carbons (Fsp3) is 0.538. The highest BCUT2D eigenvalue weighted by molar-refractivity contribution is 7.99. The third-order valence-electron chi connectivity index (χ3n) is 3.34. The maximum atomic E-state index is 12.3. The summed E-state index contributed by atoms with van der Waals surface area (Å²) in [6, 6.07) is 4.91. The summed E-state index contributed by atoms with van der Waals surface area (Å²) in [5.41, 5.74) is 1.55. The Balaban J connectivity index is 2.18. The van der Waals surface area contributed by atoms with Crippen LogP contribution in [0.2, 0.25) is 0 Å². The Kier molecular flexibility index (Phi) is 4.89. The lowest BCUT2D eigenvalue weighted by atomic mass is 10.1. The van der Waals surface area contributed by atoms with Gasteiger partial charge in [-0.25, -0.2) is 13.1 Å². The molecular weight excluding hydrogens is 282 g/mol. The van der Waals surface area contributed by atoms with E-state index < -0.39 is 10.0 Å². The van der Waals surface area contributed by atoms with Crippen LogP contribution in [0, 0.1) is 6.92 Å². The lowest BCUT2D eigenvalue weighted by Crippen LogP contribution is -2.37. The molecule has 0 aromatic heterocycles. The fourth-order valence-corrected chi connectivity index (χ4v) is 4.55. The minimum absolute atomic E-state index is 0.0325. The Bertz CT molecular complexity index is 537. The molecule has 0 spiro atoms. The molecule has 1 aromatic rings. The average Bonchev–Trinajstić information content (AvgIpc) is 2.39. The number of nitrogens with one attached hydrogen (secondary N) is 1. The van der Waals surface area contributed by atoms with Crippen molar-refractivity contribution in [1.82, 2.24) is 4.72 Å². The van der Waals surface area contributed by atoms with Crippen LogP contribution in [0.1, 0.15) is 24.0 Å². The van der Waals surface area contributed by atoms with Crippen molar-refractivity contribution in [3.8, 4) is 0 Å². The van der Waals surface area contributed by atoms with E-state index in [1.54, 1.807) is 18.2 Å². The van der Waals surface area contributed by atoms with Crippen LogP contribution in [0.5, 0.6) is 0 Å². The van der Waals surface area contributed by atoms with Gasteiger partial charge in [-0.2, -0.15) is 11.8 Å². The number of hydrogen-bond donors (Lipinski definition) is 2. The first-order chi connectivity index (χ1) is 9.03. The predicted octanol–water partition coefficient (Wildman–Crippen LogP) is 1.66. The highest BCUT2D eigenvalue weighted by Crippen LogP contribution is 2.20.